The number of hydrogen-bond acceptors (Lipinski definition) is 7. The van der Waals surface area contributed by atoms with Crippen molar-refractivity contribution in [3.8, 4) is 11.5 Å². The summed E-state index contributed by atoms with van der Waals surface area (Å²) >= 11 is 0. The molecule has 3 rings (SSSR count). The highest BCUT2D eigenvalue weighted by Crippen LogP contribution is 2.35. The summed E-state index contributed by atoms with van der Waals surface area (Å²) in [5, 5.41) is 4.20. The second-order valence-corrected chi connectivity index (χ2v) is 8.01. The predicted octanol–water partition coefficient (Wildman–Crippen LogP) is 2.32. The molecular formula is C21H25N3O6. The molecule has 0 spiro atoms. The number of carbonyl (C=O) groups excluding carboxylic acids is 3. The van der Waals surface area contributed by atoms with Crippen LogP contribution in [0.15, 0.2) is 18.2 Å². The van der Waals surface area contributed by atoms with Crippen LogP contribution in [0.1, 0.15) is 42.5 Å². The molecule has 0 fully saturated rings. The first kappa shape index (κ1) is 21.4. The van der Waals surface area contributed by atoms with E-state index in [0.717, 1.165) is 4.90 Å². The number of nitrogens with zero attached hydrogens (tertiary/aromatic N) is 3. The number of benzene rings is 1. The van der Waals surface area contributed by atoms with Crippen molar-refractivity contribution in [2.45, 2.75) is 40.2 Å². The average molecular weight is 415 g/mol. The summed E-state index contributed by atoms with van der Waals surface area (Å²) < 4.78 is 17.6. The second kappa shape index (κ2) is 7.81. The zero-order valence-corrected chi connectivity index (χ0v) is 17.9. The maximum atomic E-state index is 13.2. The molecule has 1 aromatic heterocycles. The first-order chi connectivity index (χ1) is 14.0. The van der Waals surface area contributed by atoms with Gasteiger partial charge in [0.1, 0.15) is 12.1 Å². The minimum atomic E-state index is -0.862. The number of amides is 1. The lowest BCUT2D eigenvalue weighted by Crippen LogP contribution is -2.42. The van der Waals surface area contributed by atoms with E-state index in [4.69, 9.17) is 14.2 Å². The highest BCUT2D eigenvalue weighted by molar-refractivity contribution is 6.48. The lowest BCUT2D eigenvalue weighted by Gasteiger charge is -2.25. The van der Waals surface area contributed by atoms with Crippen molar-refractivity contribution < 1.29 is 28.6 Å². The maximum Gasteiger partial charge on any atom is 0.326 e. The van der Waals surface area contributed by atoms with Crippen LogP contribution in [0, 0.1) is 13.8 Å². The number of hydrogen-bond donors (Lipinski definition) is 0. The van der Waals surface area contributed by atoms with Crippen LogP contribution in [0.2, 0.25) is 0 Å². The Morgan fingerprint density at radius 3 is 2.43 bits per heavy atom. The van der Waals surface area contributed by atoms with Gasteiger partial charge in [-0.3, -0.25) is 24.0 Å². The third kappa shape index (κ3) is 4.29. The molecule has 160 valence electrons. The number of Topliss-reactive ketones (excluding diaryl/α,β-unsaturated/α-hetero) is 1. The van der Waals surface area contributed by atoms with E-state index in [-0.39, 0.29) is 12.4 Å². The van der Waals surface area contributed by atoms with Gasteiger partial charge in [-0.05, 0) is 46.8 Å². The first-order valence-corrected chi connectivity index (χ1v) is 9.46. The molecule has 1 aliphatic heterocycles. The minimum absolute atomic E-state index is 0.0613. The molecule has 0 N–H and O–H groups in total. The highest BCUT2D eigenvalue weighted by atomic mass is 16.7. The van der Waals surface area contributed by atoms with Crippen LogP contribution < -0.4 is 14.4 Å². The van der Waals surface area contributed by atoms with Crippen LogP contribution in [0.3, 0.4) is 0 Å². The highest BCUT2D eigenvalue weighted by Gasteiger charge is 2.32. The van der Waals surface area contributed by atoms with E-state index < -0.39 is 29.8 Å². The number of carbonyl (C=O) groups is 3. The van der Waals surface area contributed by atoms with Crippen LogP contribution in [0.5, 0.6) is 11.5 Å². The number of rotatable bonds is 5. The topological polar surface area (TPSA) is 100.0 Å². The molecule has 1 amide bonds. The molecule has 0 bridgehead atoms. The summed E-state index contributed by atoms with van der Waals surface area (Å²) in [7, 11) is 1.69. The molecule has 0 atom stereocenters. The van der Waals surface area contributed by atoms with E-state index in [2.05, 4.69) is 5.10 Å². The second-order valence-electron chi connectivity index (χ2n) is 8.01. The molecule has 0 saturated heterocycles. The Morgan fingerprint density at radius 2 is 1.83 bits per heavy atom. The molecule has 9 heteroatoms. The van der Waals surface area contributed by atoms with Gasteiger partial charge < -0.3 is 14.2 Å². The van der Waals surface area contributed by atoms with Crippen LogP contribution in [-0.2, 0) is 21.4 Å². The zero-order chi connectivity index (χ0) is 22.2. The van der Waals surface area contributed by atoms with Crippen molar-refractivity contribution in [3.63, 3.8) is 0 Å². The third-order valence-electron chi connectivity index (χ3n) is 4.55. The number of aromatic nitrogens is 2. The number of esters is 1. The fourth-order valence-electron chi connectivity index (χ4n) is 3.17. The quantitative estimate of drug-likeness (QED) is 0.420. The van der Waals surface area contributed by atoms with Crippen LogP contribution in [0.4, 0.5) is 5.69 Å². The van der Waals surface area contributed by atoms with Crippen molar-refractivity contribution in [2.75, 3.05) is 18.2 Å². The largest absolute Gasteiger partial charge is 0.459 e. The molecule has 0 saturated carbocycles. The summed E-state index contributed by atoms with van der Waals surface area (Å²) in [5.41, 5.74) is 0.811. The van der Waals surface area contributed by atoms with E-state index in [1.54, 1.807) is 59.9 Å². The molecule has 2 heterocycles. The fraction of sp³-hybridized carbons (Fsp3) is 0.429. The summed E-state index contributed by atoms with van der Waals surface area (Å²) in [6.45, 7) is 8.18. The Balaban J connectivity index is 1.97. The molecule has 0 radical (unpaired) electrons. The van der Waals surface area contributed by atoms with Gasteiger partial charge in [0.2, 0.25) is 6.79 Å². The van der Waals surface area contributed by atoms with Crippen molar-refractivity contribution in [1.82, 2.24) is 9.78 Å². The van der Waals surface area contributed by atoms with Gasteiger partial charge in [0.25, 0.3) is 11.7 Å². The molecule has 9 nitrogen and oxygen atoms in total. The molecular weight excluding hydrogens is 390 g/mol. The van der Waals surface area contributed by atoms with Gasteiger partial charge in [0, 0.05) is 24.5 Å². The maximum absolute atomic E-state index is 13.2. The third-order valence-corrected chi connectivity index (χ3v) is 4.55. The summed E-state index contributed by atoms with van der Waals surface area (Å²) in [5.74, 6) is -1.30. The Kier molecular flexibility index (Phi) is 5.56. The number of ketones is 1. The molecule has 1 aliphatic rings. The van der Waals surface area contributed by atoms with Crippen molar-refractivity contribution in [3.05, 3.63) is 35.2 Å². The molecule has 0 aliphatic carbocycles. The minimum Gasteiger partial charge on any atom is -0.459 e. The number of aryl methyl sites for hydroxylation is 2. The number of ether oxygens (including phenoxy) is 3. The predicted molar refractivity (Wildman–Crippen MR) is 108 cm³/mol. The zero-order valence-electron chi connectivity index (χ0n) is 17.9. The van der Waals surface area contributed by atoms with Crippen molar-refractivity contribution in [2.24, 2.45) is 7.05 Å². The van der Waals surface area contributed by atoms with Crippen LogP contribution in [-0.4, -0.2) is 46.4 Å². The van der Waals surface area contributed by atoms with E-state index in [0.29, 0.717) is 28.6 Å². The first-order valence-electron chi connectivity index (χ1n) is 9.46. The van der Waals surface area contributed by atoms with Crippen molar-refractivity contribution >= 4 is 23.3 Å². The lowest BCUT2D eigenvalue weighted by molar-refractivity contribution is -0.153. The Morgan fingerprint density at radius 1 is 1.17 bits per heavy atom. The SMILES string of the molecule is Cc1nn(C)c(C)c1C(=O)C(=O)N(CC(=O)OC(C)(C)C)c1ccc2c(c1)OCO2. The van der Waals surface area contributed by atoms with Gasteiger partial charge in [-0.1, -0.05) is 0 Å². The Bertz CT molecular complexity index is 1020. The smallest absolute Gasteiger partial charge is 0.326 e. The van der Waals surface area contributed by atoms with Gasteiger partial charge in [-0.15, -0.1) is 0 Å². The van der Waals surface area contributed by atoms with Gasteiger partial charge in [-0.2, -0.15) is 5.10 Å². The van der Waals surface area contributed by atoms with Crippen LogP contribution in [0.25, 0.3) is 0 Å². The van der Waals surface area contributed by atoms with E-state index in [1.807, 2.05) is 0 Å². The van der Waals surface area contributed by atoms with Crippen molar-refractivity contribution in [1.29, 1.82) is 0 Å². The van der Waals surface area contributed by atoms with Gasteiger partial charge in [0.15, 0.2) is 11.5 Å². The van der Waals surface area contributed by atoms with E-state index in [1.165, 1.54) is 4.68 Å². The summed E-state index contributed by atoms with van der Waals surface area (Å²) in [4.78, 5) is 39.8. The van der Waals surface area contributed by atoms with Gasteiger partial charge in [0.05, 0.1) is 11.3 Å². The summed E-state index contributed by atoms with van der Waals surface area (Å²) in [6, 6.07) is 4.77. The normalized spacial score (nSPS) is 12.6. The van der Waals surface area contributed by atoms with Gasteiger partial charge in [-0.25, -0.2) is 0 Å². The standard InChI is InChI=1S/C21H25N3O6/c1-12-18(13(2)23(6)22-12)19(26)20(27)24(10-17(25)30-21(3,4)5)14-7-8-15-16(9-14)29-11-28-15/h7-9H,10-11H2,1-6H3. The molecule has 0 unspecified atom stereocenters. The number of anilines is 1. The van der Waals surface area contributed by atoms with E-state index >= 15 is 0 Å². The molecule has 30 heavy (non-hydrogen) atoms. The molecule has 2 aromatic rings. The fourth-order valence-corrected chi connectivity index (χ4v) is 3.17. The monoisotopic (exact) mass is 415 g/mol. The molecule has 1 aromatic carbocycles. The Labute approximate surface area is 174 Å². The lowest BCUT2D eigenvalue weighted by atomic mass is 10.1. The average Bonchev–Trinajstić information content (AvgIpc) is 3.20. The van der Waals surface area contributed by atoms with Crippen LogP contribution >= 0.6 is 0 Å². The summed E-state index contributed by atoms with van der Waals surface area (Å²) in [6.07, 6.45) is 0. The van der Waals surface area contributed by atoms with Gasteiger partial charge >= 0.3 is 5.97 Å². The number of fused-ring (bicyclic) bond motifs is 1. The van der Waals surface area contributed by atoms with E-state index in [9.17, 15) is 14.4 Å². The Hall–Kier alpha value is -3.36.